The topological polar surface area (TPSA) is 9.23 Å². The molecule has 3 unspecified atom stereocenters. The van der Waals surface area contributed by atoms with Gasteiger partial charge in [-0.25, -0.2) is 13.2 Å². The Morgan fingerprint density at radius 3 is 2.30 bits per heavy atom. The first-order valence-corrected chi connectivity index (χ1v) is 9.96. The summed E-state index contributed by atoms with van der Waals surface area (Å²) in [5, 5.41) is 0. The van der Waals surface area contributed by atoms with Crippen molar-refractivity contribution in [3.05, 3.63) is 29.6 Å². The van der Waals surface area contributed by atoms with Gasteiger partial charge in [0.1, 0.15) is 5.75 Å². The van der Waals surface area contributed by atoms with E-state index in [2.05, 4.69) is 18.6 Å². The molecule has 2 rings (SSSR count). The monoisotopic (exact) mass is 392 g/mol. The number of hydrogen-bond donors (Lipinski definition) is 0. The van der Waals surface area contributed by atoms with Crippen LogP contribution in [0.15, 0.2) is 12.1 Å². The molecule has 27 heavy (non-hydrogen) atoms. The third kappa shape index (κ3) is 6.08. The third-order valence-electron chi connectivity index (χ3n) is 5.77. The summed E-state index contributed by atoms with van der Waals surface area (Å²) in [6.45, 7) is 4.33. The lowest BCUT2D eigenvalue weighted by Gasteiger charge is -2.32. The quantitative estimate of drug-likeness (QED) is 0.345. The van der Waals surface area contributed by atoms with E-state index < -0.39 is 35.2 Å². The molecule has 1 aromatic rings. The molecule has 1 saturated carbocycles. The van der Waals surface area contributed by atoms with E-state index in [1.54, 1.807) is 0 Å². The van der Waals surface area contributed by atoms with Gasteiger partial charge in [-0.3, -0.25) is 0 Å². The van der Waals surface area contributed by atoms with E-state index in [1.807, 2.05) is 0 Å². The van der Waals surface area contributed by atoms with Crippen LogP contribution >= 0.6 is 0 Å². The van der Waals surface area contributed by atoms with Crippen molar-refractivity contribution in [1.29, 1.82) is 0 Å². The predicted octanol–water partition coefficient (Wildman–Crippen LogP) is 7.49. The molecule has 1 aromatic carbocycles. The molecule has 0 amide bonds. The number of alkyl halides is 2. The van der Waals surface area contributed by atoms with Crippen molar-refractivity contribution in [1.82, 2.24) is 0 Å². The molecule has 0 heterocycles. The van der Waals surface area contributed by atoms with Gasteiger partial charge in [-0.1, -0.05) is 52.4 Å². The summed E-state index contributed by atoms with van der Waals surface area (Å²) in [7, 11) is 0. The molecule has 1 aliphatic rings. The summed E-state index contributed by atoms with van der Waals surface area (Å²) < 4.78 is 73.5. The number of unbranched alkanes of at least 4 members (excludes halogenated alkanes) is 1. The average molecular weight is 392 g/mol. The first-order chi connectivity index (χ1) is 12.7. The highest BCUT2D eigenvalue weighted by atomic mass is 19.3. The molecule has 0 saturated heterocycles. The zero-order valence-corrected chi connectivity index (χ0v) is 16.0. The van der Waals surface area contributed by atoms with Gasteiger partial charge in [0.15, 0.2) is 17.5 Å². The van der Waals surface area contributed by atoms with Crippen LogP contribution in [0.2, 0.25) is 0 Å². The van der Waals surface area contributed by atoms with Gasteiger partial charge in [0, 0.05) is 12.1 Å². The van der Waals surface area contributed by atoms with E-state index in [9.17, 15) is 22.0 Å². The Labute approximate surface area is 158 Å². The van der Waals surface area contributed by atoms with E-state index in [0.29, 0.717) is 49.7 Å². The molecule has 0 aromatic heterocycles. The Bertz CT molecular complexity index is 581. The van der Waals surface area contributed by atoms with Crippen LogP contribution in [0, 0.1) is 35.2 Å². The van der Waals surface area contributed by atoms with Gasteiger partial charge in [-0.15, -0.1) is 0 Å². The molecule has 0 bridgehead atoms. The molecule has 0 aliphatic heterocycles. The van der Waals surface area contributed by atoms with Crippen LogP contribution in [0.25, 0.3) is 0 Å². The molecule has 1 fully saturated rings. The normalized spacial score (nSPS) is 22.8. The van der Waals surface area contributed by atoms with Crippen molar-refractivity contribution >= 4 is 0 Å². The van der Waals surface area contributed by atoms with Crippen LogP contribution in [0.1, 0.15) is 71.6 Å². The Kier molecular flexibility index (Phi) is 7.92. The van der Waals surface area contributed by atoms with Crippen LogP contribution in [-0.2, 0) is 0 Å². The minimum absolute atomic E-state index is 0.301. The molecular weight excluding hydrogens is 363 g/mol. The Balaban J connectivity index is 2.04. The maximum Gasteiger partial charge on any atom is 0.400 e. The van der Waals surface area contributed by atoms with Crippen molar-refractivity contribution in [3.8, 4) is 5.75 Å². The fourth-order valence-corrected chi connectivity index (χ4v) is 4.00. The minimum Gasteiger partial charge on any atom is -0.432 e. The summed E-state index contributed by atoms with van der Waals surface area (Å²) in [4.78, 5) is 0. The summed E-state index contributed by atoms with van der Waals surface area (Å²) in [5.74, 6) is -5.57. The average Bonchev–Trinajstić information content (AvgIpc) is 2.56. The number of benzene rings is 1. The van der Waals surface area contributed by atoms with E-state index in [-0.39, 0.29) is 0 Å². The van der Waals surface area contributed by atoms with Crippen molar-refractivity contribution in [2.24, 2.45) is 17.8 Å². The second-order valence-electron chi connectivity index (χ2n) is 7.80. The van der Waals surface area contributed by atoms with Crippen LogP contribution in [0.4, 0.5) is 22.0 Å². The van der Waals surface area contributed by atoms with Crippen molar-refractivity contribution < 1.29 is 26.7 Å². The van der Waals surface area contributed by atoms with Crippen LogP contribution < -0.4 is 4.74 Å². The predicted molar refractivity (Wildman–Crippen MR) is 95.3 cm³/mol. The van der Waals surface area contributed by atoms with E-state index in [0.717, 1.165) is 32.1 Å². The summed E-state index contributed by atoms with van der Waals surface area (Å²) in [5.41, 5.74) is 0. The Morgan fingerprint density at radius 1 is 1.04 bits per heavy atom. The highest BCUT2D eigenvalue weighted by Gasteiger charge is 2.43. The van der Waals surface area contributed by atoms with Gasteiger partial charge in [-0.2, -0.15) is 8.78 Å². The molecule has 1 nitrogen and oxygen atoms in total. The number of halogens is 5. The minimum atomic E-state index is -3.55. The van der Waals surface area contributed by atoms with Crippen LogP contribution in [0.3, 0.4) is 0 Å². The summed E-state index contributed by atoms with van der Waals surface area (Å²) >= 11 is 0. The second-order valence-corrected chi connectivity index (χ2v) is 7.80. The third-order valence-corrected chi connectivity index (χ3v) is 5.77. The standard InChI is InChI=1S/C21H29F5O/c1-3-4-7-14(2)15-8-5-6-9-16(11-10-15)21(25,26)27-17-12-18(22)20(24)19(23)13-17/h12-16H,3-11H2,1-2H3. The zero-order valence-electron chi connectivity index (χ0n) is 16.0. The van der Waals surface area contributed by atoms with Crippen molar-refractivity contribution in [2.75, 3.05) is 0 Å². The van der Waals surface area contributed by atoms with Gasteiger partial charge < -0.3 is 4.74 Å². The molecule has 6 heteroatoms. The number of hydrogen-bond acceptors (Lipinski definition) is 1. The molecule has 0 spiro atoms. The number of rotatable bonds is 7. The lowest BCUT2D eigenvalue weighted by atomic mass is 9.78. The Morgan fingerprint density at radius 2 is 1.67 bits per heavy atom. The van der Waals surface area contributed by atoms with Crippen molar-refractivity contribution in [3.63, 3.8) is 0 Å². The van der Waals surface area contributed by atoms with Crippen LogP contribution in [-0.4, -0.2) is 6.11 Å². The lowest BCUT2D eigenvalue weighted by molar-refractivity contribution is -0.220. The van der Waals surface area contributed by atoms with Gasteiger partial charge in [-0.05, 0) is 31.1 Å². The van der Waals surface area contributed by atoms with Crippen LogP contribution in [0.5, 0.6) is 5.75 Å². The summed E-state index contributed by atoms with van der Waals surface area (Å²) in [6, 6.07) is 0.926. The van der Waals surface area contributed by atoms with E-state index >= 15 is 0 Å². The van der Waals surface area contributed by atoms with E-state index in [4.69, 9.17) is 0 Å². The molecule has 3 atom stereocenters. The zero-order chi connectivity index (χ0) is 20.0. The first kappa shape index (κ1) is 22.0. The SMILES string of the molecule is CCCCC(C)C1CCCCC(C(F)(F)Oc2cc(F)c(F)c(F)c2)CC1. The largest absolute Gasteiger partial charge is 0.432 e. The first-order valence-electron chi connectivity index (χ1n) is 9.96. The fraction of sp³-hybridized carbons (Fsp3) is 0.714. The van der Waals surface area contributed by atoms with Crippen molar-refractivity contribution in [2.45, 2.75) is 77.7 Å². The Hall–Kier alpha value is -1.33. The maximum atomic E-state index is 14.6. The fourth-order valence-electron chi connectivity index (χ4n) is 4.00. The summed E-state index contributed by atoms with van der Waals surface area (Å²) in [6.07, 6.45) is 3.74. The maximum absolute atomic E-state index is 14.6. The second kappa shape index (κ2) is 9.74. The van der Waals surface area contributed by atoms with Gasteiger partial charge in [0.05, 0.1) is 5.92 Å². The molecule has 0 N–H and O–H groups in total. The molecule has 154 valence electrons. The molecule has 1 aliphatic carbocycles. The molecular formula is C21H29F5O. The highest BCUT2D eigenvalue weighted by molar-refractivity contribution is 5.25. The van der Waals surface area contributed by atoms with Gasteiger partial charge in [0.25, 0.3) is 0 Å². The number of ether oxygens (including phenoxy) is 1. The van der Waals surface area contributed by atoms with E-state index in [1.165, 1.54) is 0 Å². The van der Waals surface area contributed by atoms with Gasteiger partial charge in [0.2, 0.25) is 0 Å². The molecule has 0 radical (unpaired) electrons. The smallest absolute Gasteiger partial charge is 0.400 e. The lowest BCUT2D eigenvalue weighted by Crippen LogP contribution is -2.36. The highest BCUT2D eigenvalue weighted by Crippen LogP contribution is 2.40. The van der Waals surface area contributed by atoms with Gasteiger partial charge >= 0.3 is 6.11 Å².